The van der Waals surface area contributed by atoms with E-state index in [2.05, 4.69) is 20.8 Å². The molecule has 1 radical (unpaired) electrons. The van der Waals surface area contributed by atoms with Gasteiger partial charge in [-0.25, -0.2) is 0 Å². The van der Waals surface area contributed by atoms with Gasteiger partial charge in [-0.2, -0.15) is 0 Å². The highest BCUT2D eigenvalue weighted by atomic mass is 28.3. The molecule has 0 heterocycles. The highest BCUT2D eigenvalue weighted by molar-refractivity contribution is 6.58. The summed E-state index contributed by atoms with van der Waals surface area (Å²) in [6.45, 7) is 7.10. The second-order valence-electron chi connectivity index (χ2n) is 13.2. The Hall–Kier alpha value is 0.217. The fourth-order valence-electron chi connectivity index (χ4n) is 6.32. The molecule has 0 spiro atoms. The van der Waals surface area contributed by atoms with Crippen LogP contribution >= 0.6 is 0 Å². The molecule has 0 atom stereocenters. The van der Waals surface area contributed by atoms with Crippen molar-refractivity contribution >= 4 is 8.80 Å². The van der Waals surface area contributed by atoms with Crippen molar-refractivity contribution in [3.8, 4) is 0 Å². The van der Waals surface area contributed by atoms with Gasteiger partial charge in [0.1, 0.15) is 0 Å². The van der Waals surface area contributed by atoms with Gasteiger partial charge in [0.2, 0.25) is 0 Å². The summed E-state index contributed by atoms with van der Waals surface area (Å²) in [5.74, 6) is 0. The molecule has 235 valence electrons. The van der Waals surface area contributed by atoms with Crippen molar-refractivity contribution in [2.24, 2.45) is 0 Å². The number of hydrogen-bond donors (Lipinski definition) is 0. The van der Waals surface area contributed by atoms with Gasteiger partial charge in [-0.1, -0.05) is 244 Å². The van der Waals surface area contributed by atoms with Crippen LogP contribution in [0.4, 0.5) is 0 Å². The minimum absolute atomic E-state index is 0.0213. The first kappa shape index (κ1) is 39.2. The highest BCUT2D eigenvalue weighted by Gasteiger charge is 2.08. The first-order chi connectivity index (χ1) is 19.3. The zero-order chi connectivity index (χ0) is 28.3. The van der Waals surface area contributed by atoms with Crippen molar-refractivity contribution in [2.45, 2.75) is 244 Å². The number of unbranched alkanes of at least 4 members (excludes halogenated alkanes) is 30. The molecule has 0 aromatic heterocycles. The van der Waals surface area contributed by atoms with Crippen molar-refractivity contribution in [1.29, 1.82) is 0 Å². The van der Waals surface area contributed by atoms with E-state index in [-0.39, 0.29) is 8.80 Å². The Labute approximate surface area is 252 Å². The summed E-state index contributed by atoms with van der Waals surface area (Å²) in [5, 5.41) is 0. The fraction of sp³-hybridized carbons (Fsp3) is 1.00. The molecule has 0 bridgehead atoms. The van der Waals surface area contributed by atoms with Crippen molar-refractivity contribution in [3.05, 3.63) is 0 Å². The van der Waals surface area contributed by atoms with Crippen LogP contribution in [-0.4, -0.2) is 8.80 Å². The van der Waals surface area contributed by atoms with Crippen molar-refractivity contribution in [3.63, 3.8) is 0 Å². The molecule has 0 aromatic carbocycles. The lowest BCUT2D eigenvalue weighted by Gasteiger charge is -2.12. The molecule has 0 rings (SSSR count). The maximum Gasteiger partial charge on any atom is 0.0476 e. The van der Waals surface area contributed by atoms with Gasteiger partial charge in [0, 0.05) is 8.80 Å². The second kappa shape index (κ2) is 36.2. The molecule has 0 aliphatic carbocycles. The Balaban J connectivity index is 3.25. The number of rotatable bonds is 35. The van der Waals surface area contributed by atoms with Crippen LogP contribution in [0.3, 0.4) is 0 Å². The lowest BCUT2D eigenvalue weighted by molar-refractivity contribution is 0.530. The molecule has 0 fully saturated rings. The monoisotopic (exact) mass is 564 g/mol. The van der Waals surface area contributed by atoms with Crippen LogP contribution in [0.5, 0.6) is 0 Å². The third-order valence-electron chi connectivity index (χ3n) is 9.27. The molecule has 0 aliphatic heterocycles. The predicted molar refractivity (Wildman–Crippen MR) is 185 cm³/mol. The van der Waals surface area contributed by atoms with E-state index in [9.17, 15) is 0 Å². The molecule has 1 heteroatoms. The second-order valence-corrected chi connectivity index (χ2v) is 16.4. The molecule has 0 unspecified atom stereocenters. The van der Waals surface area contributed by atoms with Crippen LogP contribution in [0.25, 0.3) is 0 Å². The third kappa shape index (κ3) is 34.3. The minimum atomic E-state index is -0.0213. The van der Waals surface area contributed by atoms with E-state index < -0.39 is 0 Å². The summed E-state index contributed by atoms with van der Waals surface area (Å²) >= 11 is 0. The molecule has 0 nitrogen and oxygen atoms in total. The fourth-order valence-corrected chi connectivity index (χ4v) is 8.78. The van der Waals surface area contributed by atoms with Gasteiger partial charge in [-0.15, -0.1) is 0 Å². The summed E-state index contributed by atoms with van der Waals surface area (Å²) in [7, 11) is -0.0213. The van der Waals surface area contributed by atoms with Crippen LogP contribution in [0.2, 0.25) is 18.1 Å². The zero-order valence-electron chi connectivity index (χ0n) is 28.2. The van der Waals surface area contributed by atoms with E-state index in [4.69, 9.17) is 0 Å². The minimum Gasteiger partial charge on any atom is -0.0680 e. The molecule has 0 aliphatic rings. The van der Waals surface area contributed by atoms with E-state index in [0.717, 1.165) is 0 Å². The summed E-state index contributed by atoms with van der Waals surface area (Å²) < 4.78 is 0. The topological polar surface area (TPSA) is 0 Å². The highest BCUT2D eigenvalue weighted by Crippen LogP contribution is 2.19. The molecular formula is C38H79Si. The molecule has 0 saturated heterocycles. The van der Waals surface area contributed by atoms with Gasteiger partial charge in [0.05, 0.1) is 0 Å². The third-order valence-corrected chi connectivity index (χ3v) is 12.4. The average Bonchev–Trinajstić information content (AvgIpc) is 2.95. The quantitative estimate of drug-likeness (QED) is 0.0531. The SMILES string of the molecule is CCCCCCCCCCCCCCCCCC[Si](CC)CCCCCCCCCCCCCCCCCC. The first-order valence-electron chi connectivity index (χ1n) is 19.2. The van der Waals surface area contributed by atoms with E-state index in [1.807, 2.05) is 0 Å². The van der Waals surface area contributed by atoms with E-state index in [1.165, 1.54) is 199 Å². The Kier molecular flexibility index (Phi) is 36.4. The van der Waals surface area contributed by atoms with Gasteiger partial charge in [-0.3, -0.25) is 0 Å². The van der Waals surface area contributed by atoms with Crippen LogP contribution in [-0.2, 0) is 0 Å². The summed E-state index contributed by atoms with van der Waals surface area (Å²) in [6, 6.07) is 4.73. The molecule has 0 saturated carbocycles. The van der Waals surface area contributed by atoms with Crippen molar-refractivity contribution in [1.82, 2.24) is 0 Å². The van der Waals surface area contributed by atoms with E-state index >= 15 is 0 Å². The van der Waals surface area contributed by atoms with Gasteiger partial charge in [-0.05, 0) is 0 Å². The lowest BCUT2D eigenvalue weighted by atomic mass is 10.0. The van der Waals surface area contributed by atoms with Crippen LogP contribution in [0.1, 0.15) is 226 Å². The Morgan fingerprint density at radius 3 is 0.590 bits per heavy atom. The van der Waals surface area contributed by atoms with Gasteiger partial charge in [0.15, 0.2) is 0 Å². The van der Waals surface area contributed by atoms with Crippen LogP contribution in [0.15, 0.2) is 0 Å². The molecule has 39 heavy (non-hydrogen) atoms. The summed E-state index contributed by atoms with van der Waals surface area (Å²) in [4.78, 5) is 0. The van der Waals surface area contributed by atoms with Crippen molar-refractivity contribution in [2.75, 3.05) is 0 Å². The maximum atomic E-state index is 2.48. The zero-order valence-corrected chi connectivity index (χ0v) is 29.2. The molecular weight excluding hydrogens is 485 g/mol. The van der Waals surface area contributed by atoms with E-state index in [0.29, 0.717) is 0 Å². The predicted octanol–water partition coefficient (Wildman–Crippen LogP) is 15.0. The van der Waals surface area contributed by atoms with Gasteiger partial charge < -0.3 is 0 Å². The molecule has 0 N–H and O–H groups in total. The standard InChI is InChI=1S/C38H79Si/c1-4-7-9-11-13-15-17-19-21-23-25-27-29-31-33-35-37-39(6-3)38-36-34-32-30-28-26-24-22-20-18-16-14-12-10-8-5-2/h4-38H2,1-3H3. The first-order valence-corrected chi connectivity index (χ1v) is 21.3. The molecule has 0 amide bonds. The lowest BCUT2D eigenvalue weighted by Crippen LogP contribution is -2.10. The smallest absolute Gasteiger partial charge is 0.0476 e. The molecule has 0 aromatic rings. The Morgan fingerprint density at radius 1 is 0.231 bits per heavy atom. The largest absolute Gasteiger partial charge is 0.0680 e. The number of hydrogen-bond acceptors (Lipinski definition) is 0. The Bertz CT molecular complexity index is 370. The van der Waals surface area contributed by atoms with Gasteiger partial charge in [0.25, 0.3) is 0 Å². The van der Waals surface area contributed by atoms with Crippen LogP contribution < -0.4 is 0 Å². The Morgan fingerprint density at radius 2 is 0.410 bits per heavy atom. The summed E-state index contributed by atoms with van der Waals surface area (Å²) in [6.07, 6.45) is 47.6. The summed E-state index contributed by atoms with van der Waals surface area (Å²) in [5.41, 5.74) is 0. The average molecular weight is 564 g/mol. The van der Waals surface area contributed by atoms with Crippen molar-refractivity contribution < 1.29 is 0 Å². The van der Waals surface area contributed by atoms with Crippen LogP contribution in [0, 0.1) is 0 Å². The normalized spacial score (nSPS) is 11.7. The van der Waals surface area contributed by atoms with E-state index in [1.54, 1.807) is 24.9 Å². The maximum absolute atomic E-state index is 2.48. The van der Waals surface area contributed by atoms with Gasteiger partial charge >= 0.3 is 0 Å².